The zero-order valence-electron chi connectivity index (χ0n) is 15.1. The standard InChI is InChI=1S/C16H25N7O2S/c1-24-8-7-23-15(18-19-20-23)14-12-21(6-9-25-14)11-13-10-17-16(26-13)22-4-2-3-5-22/h10,14H,2-9,11-12H2,1H3/t14-/m1/s1. The molecule has 0 N–H and O–H groups in total. The Bertz CT molecular complexity index is 700. The van der Waals surface area contributed by atoms with E-state index < -0.39 is 0 Å². The molecule has 0 bridgehead atoms. The summed E-state index contributed by atoms with van der Waals surface area (Å²) >= 11 is 1.81. The number of tetrazole rings is 1. The molecule has 2 aliphatic rings. The topological polar surface area (TPSA) is 81.4 Å². The lowest BCUT2D eigenvalue weighted by molar-refractivity contribution is -0.0394. The Labute approximate surface area is 156 Å². The van der Waals surface area contributed by atoms with Gasteiger partial charge in [-0.15, -0.1) is 16.4 Å². The summed E-state index contributed by atoms with van der Waals surface area (Å²) in [5, 5.41) is 13.2. The molecule has 0 radical (unpaired) electrons. The van der Waals surface area contributed by atoms with Gasteiger partial charge in [0.15, 0.2) is 11.0 Å². The van der Waals surface area contributed by atoms with Crippen molar-refractivity contribution in [1.29, 1.82) is 0 Å². The minimum Gasteiger partial charge on any atom is -0.383 e. The fraction of sp³-hybridized carbons (Fsp3) is 0.750. The molecule has 2 aromatic rings. The fourth-order valence-corrected chi connectivity index (χ4v) is 4.43. The molecule has 1 atom stereocenters. The lowest BCUT2D eigenvalue weighted by Gasteiger charge is -2.31. The molecule has 10 heteroatoms. The minimum absolute atomic E-state index is 0.110. The Morgan fingerprint density at radius 2 is 2.19 bits per heavy atom. The highest BCUT2D eigenvalue weighted by Gasteiger charge is 2.27. The molecule has 0 aliphatic carbocycles. The average molecular weight is 379 g/mol. The largest absolute Gasteiger partial charge is 0.383 e. The second kappa shape index (κ2) is 8.38. The van der Waals surface area contributed by atoms with Crippen molar-refractivity contribution in [3.8, 4) is 0 Å². The smallest absolute Gasteiger partial charge is 0.185 e. The number of ether oxygens (including phenoxy) is 2. The van der Waals surface area contributed by atoms with E-state index in [9.17, 15) is 0 Å². The Balaban J connectivity index is 1.37. The summed E-state index contributed by atoms with van der Waals surface area (Å²) in [4.78, 5) is 10.7. The summed E-state index contributed by atoms with van der Waals surface area (Å²) in [7, 11) is 1.67. The van der Waals surface area contributed by atoms with Gasteiger partial charge in [-0.1, -0.05) is 0 Å². The van der Waals surface area contributed by atoms with Gasteiger partial charge in [0.25, 0.3) is 0 Å². The first-order chi connectivity index (χ1) is 12.8. The van der Waals surface area contributed by atoms with Gasteiger partial charge in [-0.2, -0.15) is 0 Å². The van der Waals surface area contributed by atoms with Crippen LogP contribution in [0.25, 0.3) is 0 Å². The maximum atomic E-state index is 5.93. The molecule has 0 spiro atoms. The van der Waals surface area contributed by atoms with Crippen LogP contribution in [0, 0.1) is 0 Å². The van der Waals surface area contributed by atoms with Gasteiger partial charge in [-0.25, -0.2) is 9.67 Å². The molecule has 0 unspecified atom stereocenters. The van der Waals surface area contributed by atoms with E-state index in [0.717, 1.165) is 43.7 Å². The van der Waals surface area contributed by atoms with Gasteiger partial charge in [0.05, 0.1) is 19.8 Å². The predicted octanol–water partition coefficient (Wildman–Crippen LogP) is 0.950. The van der Waals surface area contributed by atoms with E-state index in [1.807, 2.05) is 17.5 Å². The molecule has 2 aliphatic heterocycles. The van der Waals surface area contributed by atoms with Crippen LogP contribution in [0.2, 0.25) is 0 Å². The molecular formula is C16H25N7O2S. The summed E-state index contributed by atoms with van der Waals surface area (Å²) in [5.74, 6) is 0.772. The van der Waals surface area contributed by atoms with Crippen LogP contribution < -0.4 is 4.90 Å². The van der Waals surface area contributed by atoms with Crippen LogP contribution in [0.1, 0.15) is 29.6 Å². The summed E-state index contributed by atoms with van der Waals surface area (Å²) in [6, 6.07) is 0. The number of methoxy groups -OCH3 is 1. The summed E-state index contributed by atoms with van der Waals surface area (Å²) in [5.41, 5.74) is 0. The molecule has 0 aromatic carbocycles. The third-order valence-corrected chi connectivity index (χ3v) is 5.85. The molecule has 2 saturated heterocycles. The lowest BCUT2D eigenvalue weighted by Crippen LogP contribution is -2.38. The highest BCUT2D eigenvalue weighted by molar-refractivity contribution is 7.15. The number of morpholine rings is 1. The molecular weight excluding hydrogens is 354 g/mol. The predicted molar refractivity (Wildman–Crippen MR) is 97.2 cm³/mol. The normalized spacial score (nSPS) is 21.6. The van der Waals surface area contributed by atoms with Crippen molar-refractivity contribution in [2.45, 2.75) is 32.0 Å². The number of thiazole rings is 1. The Morgan fingerprint density at radius 3 is 3.04 bits per heavy atom. The number of hydrogen-bond acceptors (Lipinski definition) is 9. The summed E-state index contributed by atoms with van der Waals surface area (Å²) in [6.07, 6.45) is 4.46. The van der Waals surface area contributed by atoms with Crippen molar-refractivity contribution in [1.82, 2.24) is 30.1 Å². The molecule has 0 amide bonds. The van der Waals surface area contributed by atoms with E-state index in [1.165, 1.54) is 17.7 Å². The quantitative estimate of drug-likeness (QED) is 0.703. The number of nitrogens with zero attached hydrogens (tertiary/aromatic N) is 7. The molecule has 2 fully saturated rings. The van der Waals surface area contributed by atoms with Crippen LogP contribution in [0.5, 0.6) is 0 Å². The van der Waals surface area contributed by atoms with E-state index in [1.54, 1.807) is 11.8 Å². The van der Waals surface area contributed by atoms with E-state index in [4.69, 9.17) is 9.47 Å². The van der Waals surface area contributed by atoms with Crippen LogP contribution in [-0.4, -0.2) is 76.6 Å². The van der Waals surface area contributed by atoms with Gasteiger partial charge in [0.1, 0.15) is 6.10 Å². The van der Waals surface area contributed by atoms with Gasteiger partial charge >= 0.3 is 0 Å². The van der Waals surface area contributed by atoms with Gasteiger partial charge in [-0.3, -0.25) is 4.90 Å². The van der Waals surface area contributed by atoms with E-state index in [2.05, 4.69) is 30.3 Å². The molecule has 0 saturated carbocycles. The third kappa shape index (κ3) is 4.03. The Morgan fingerprint density at radius 1 is 1.31 bits per heavy atom. The number of hydrogen-bond donors (Lipinski definition) is 0. The monoisotopic (exact) mass is 379 g/mol. The fourth-order valence-electron chi connectivity index (χ4n) is 3.43. The molecule has 4 heterocycles. The number of anilines is 1. The van der Waals surface area contributed by atoms with Crippen molar-refractivity contribution in [2.24, 2.45) is 0 Å². The molecule has 26 heavy (non-hydrogen) atoms. The van der Waals surface area contributed by atoms with Gasteiger partial charge in [0, 0.05) is 50.9 Å². The van der Waals surface area contributed by atoms with E-state index >= 15 is 0 Å². The van der Waals surface area contributed by atoms with Crippen molar-refractivity contribution < 1.29 is 9.47 Å². The molecule has 2 aromatic heterocycles. The molecule has 142 valence electrons. The lowest BCUT2D eigenvalue weighted by atomic mass is 10.2. The summed E-state index contributed by atoms with van der Waals surface area (Å²) in [6.45, 7) is 6.75. The Kier molecular flexibility index (Phi) is 5.73. The maximum absolute atomic E-state index is 5.93. The second-order valence-corrected chi connectivity index (χ2v) is 7.74. The first-order valence-electron chi connectivity index (χ1n) is 9.12. The van der Waals surface area contributed by atoms with Gasteiger partial charge in [0.2, 0.25) is 0 Å². The highest BCUT2D eigenvalue weighted by atomic mass is 32.1. The van der Waals surface area contributed by atoms with Crippen molar-refractivity contribution in [3.63, 3.8) is 0 Å². The number of aromatic nitrogens is 5. The molecule has 9 nitrogen and oxygen atoms in total. The van der Waals surface area contributed by atoms with Crippen LogP contribution in [0.15, 0.2) is 6.20 Å². The van der Waals surface area contributed by atoms with Gasteiger partial charge < -0.3 is 14.4 Å². The van der Waals surface area contributed by atoms with E-state index in [-0.39, 0.29) is 6.10 Å². The van der Waals surface area contributed by atoms with Crippen LogP contribution in [0.3, 0.4) is 0 Å². The SMILES string of the molecule is COCCn1nnnc1[C@H]1CN(Cc2cnc(N3CCCC3)s2)CCO1. The van der Waals surface area contributed by atoms with Gasteiger partial charge in [-0.05, 0) is 23.3 Å². The maximum Gasteiger partial charge on any atom is 0.185 e. The van der Waals surface area contributed by atoms with Crippen molar-refractivity contribution >= 4 is 16.5 Å². The zero-order chi connectivity index (χ0) is 17.8. The minimum atomic E-state index is -0.110. The second-order valence-electron chi connectivity index (χ2n) is 6.65. The first kappa shape index (κ1) is 17.8. The van der Waals surface area contributed by atoms with Crippen molar-refractivity contribution in [3.05, 3.63) is 16.9 Å². The Hall–Kier alpha value is -1.62. The number of rotatable bonds is 7. The summed E-state index contributed by atoms with van der Waals surface area (Å²) < 4.78 is 12.8. The van der Waals surface area contributed by atoms with Crippen molar-refractivity contribution in [2.75, 3.05) is 51.4 Å². The van der Waals surface area contributed by atoms with E-state index in [0.29, 0.717) is 19.8 Å². The van der Waals surface area contributed by atoms with Crippen LogP contribution >= 0.6 is 11.3 Å². The highest BCUT2D eigenvalue weighted by Crippen LogP contribution is 2.28. The third-order valence-electron chi connectivity index (χ3n) is 4.80. The average Bonchev–Trinajstić information content (AvgIpc) is 3.41. The van der Waals surface area contributed by atoms with Crippen LogP contribution in [-0.2, 0) is 22.6 Å². The van der Waals surface area contributed by atoms with Crippen LogP contribution in [0.4, 0.5) is 5.13 Å². The first-order valence-corrected chi connectivity index (χ1v) is 9.94. The molecule has 4 rings (SSSR count). The zero-order valence-corrected chi connectivity index (χ0v) is 15.9.